The highest BCUT2D eigenvalue weighted by molar-refractivity contribution is 6.49. The quantitative estimate of drug-likeness (QED) is 0.530. The number of carbonyl (C=O) groups excluding carboxylic acids is 2. The Kier molecular flexibility index (Phi) is 4.47. The molecule has 0 aliphatic rings. The molecule has 0 atom stereocenters. The SMILES string of the molecule is COc1ccc(C(=O)C(=O)c2cccc(-c3ccccn3)c2)cc1. The number of nitrogens with zero attached hydrogens (tertiary/aromatic N) is 1. The van der Waals surface area contributed by atoms with Crippen LogP contribution in [0.4, 0.5) is 0 Å². The van der Waals surface area contributed by atoms with Gasteiger partial charge in [-0.25, -0.2) is 0 Å². The summed E-state index contributed by atoms with van der Waals surface area (Å²) in [6.45, 7) is 0. The summed E-state index contributed by atoms with van der Waals surface area (Å²) in [5.74, 6) is -0.454. The van der Waals surface area contributed by atoms with Gasteiger partial charge in [-0.1, -0.05) is 24.3 Å². The Balaban J connectivity index is 1.88. The minimum absolute atomic E-state index is 0.337. The van der Waals surface area contributed by atoms with Crippen molar-refractivity contribution in [3.8, 4) is 17.0 Å². The molecule has 0 saturated carbocycles. The van der Waals surface area contributed by atoms with Crippen LogP contribution in [0, 0.1) is 0 Å². The molecule has 4 nitrogen and oxygen atoms in total. The molecule has 0 radical (unpaired) electrons. The first-order valence-electron chi connectivity index (χ1n) is 7.43. The molecule has 0 aliphatic carbocycles. The maximum atomic E-state index is 12.5. The largest absolute Gasteiger partial charge is 0.497 e. The van der Waals surface area contributed by atoms with Crippen molar-refractivity contribution < 1.29 is 14.3 Å². The van der Waals surface area contributed by atoms with E-state index in [2.05, 4.69) is 4.98 Å². The summed E-state index contributed by atoms with van der Waals surface area (Å²) >= 11 is 0. The van der Waals surface area contributed by atoms with Crippen LogP contribution in [0.2, 0.25) is 0 Å². The van der Waals surface area contributed by atoms with E-state index in [4.69, 9.17) is 4.74 Å². The van der Waals surface area contributed by atoms with E-state index in [1.54, 1.807) is 55.8 Å². The Hall–Kier alpha value is -3.27. The molecule has 24 heavy (non-hydrogen) atoms. The van der Waals surface area contributed by atoms with E-state index in [0.717, 1.165) is 11.3 Å². The number of carbonyl (C=O) groups is 2. The molecule has 2 aromatic carbocycles. The van der Waals surface area contributed by atoms with Crippen molar-refractivity contribution in [2.24, 2.45) is 0 Å². The number of aromatic nitrogens is 1. The van der Waals surface area contributed by atoms with E-state index in [0.29, 0.717) is 16.9 Å². The molecule has 0 amide bonds. The number of ether oxygens (including phenoxy) is 1. The Bertz CT molecular complexity index is 871. The Morgan fingerprint density at radius 2 is 1.58 bits per heavy atom. The molecular formula is C20H15NO3. The lowest BCUT2D eigenvalue weighted by Crippen LogP contribution is -2.14. The summed E-state index contributed by atoms with van der Waals surface area (Å²) in [4.78, 5) is 29.1. The van der Waals surface area contributed by atoms with Crippen LogP contribution in [0.15, 0.2) is 72.9 Å². The van der Waals surface area contributed by atoms with Gasteiger partial charge in [0, 0.05) is 22.9 Å². The topological polar surface area (TPSA) is 56.3 Å². The van der Waals surface area contributed by atoms with Gasteiger partial charge >= 0.3 is 0 Å². The number of hydrogen-bond acceptors (Lipinski definition) is 4. The normalized spacial score (nSPS) is 10.2. The highest BCUT2D eigenvalue weighted by atomic mass is 16.5. The van der Waals surface area contributed by atoms with Crippen LogP contribution in [0.1, 0.15) is 20.7 Å². The number of methoxy groups -OCH3 is 1. The van der Waals surface area contributed by atoms with Crippen molar-refractivity contribution in [2.75, 3.05) is 7.11 Å². The fourth-order valence-corrected chi connectivity index (χ4v) is 2.36. The van der Waals surface area contributed by atoms with Gasteiger partial charge in [0.15, 0.2) is 0 Å². The molecule has 3 aromatic rings. The van der Waals surface area contributed by atoms with Crippen molar-refractivity contribution in [1.29, 1.82) is 0 Å². The molecule has 118 valence electrons. The molecule has 1 aromatic heterocycles. The maximum Gasteiger partial charge on any atom is 0.233 e. The molecule has 0 fully saturated rings. The molecule has 4 heteroatoms. The van der Waals surface area contributed by atoms with Gasteiger partial charge in [0.1, 0.15) is 5.75 Å². The minimum atomic E-state index is -0.546. The van der Waals surface area contributed by atoms with Crippen LogP contribution in [-0.4, -0.2) is 23.7 Å². The van der Waals surface area contributed by atoms with E-state index in [9.17, 15) is 9.59 Å². The fourth-order valence-electron chi connectivity index (χ4n) is 2.36. The van der Waals surface area contributed by atoms with Gasteiger partial charge in [-0.2, -0.15) is 0 Å². The van der Waals surface area contributed by atoms with Crippen molar-refractivity contribution in [2.45, 2.75) is 0 Å². The zero-order chi connectivity index (χ0) is 16.9. The lowest BCUT2D eigenvalue weighted by atomic mass is 9.99. The zero-order valence-corrected chi connectivity index (χ0v) is 13.1. The third kappa shape index (κ3) is 3.22. The van der Waals surface area contributed by atoms with Gasteiger partial charge in [0.05, 0.1) is 12.8 Å². The number of benzene rings is 2. The zero-order valence-electron chi connectivity index (χ0n) is 13.1. The van der Waals surface area contributed by atoms with Crippen molar-refractivity contribution >= 4 is 11.6 Å². The summed E-state index contributed by atoms with van der Waals surface area (Å²) < 4.78 is 5.06. The molecule has 0 unspecified atom stereocenters. The van der Waals surface area contributed by atoms with E-state index in [1.807, 2.05) is 24.3 Å². The average molecular weight is 317 g/mol. The second kappa shape index (κ2) is 6.87. The lowest BCUT2D eigenvalue weighted by molar-refractivity contribution is 0.0817. The number of Topliss-reactive ketones (excluding diaryl/α,β-unsaturated/α-hetero) is 2. The number of hydrogen-bond donors (Lipinski definition) is 0. The molecule has 0 spiro atoms. The highest BCUT2D eigenvalue weighted by Gasteiger charge is 2.18. The van der Waals surface area contributed by atoms with Gasteiger partial charge in [0.2, 0.25) is 11.6 Å². The minimum Gasteiger partial charge on any atom is -0.497 e. The highest BCUT2D eigenvalue weighted by Crippen LogP contribution is 2.19. The summed E-state index contributed by atoms with van der Waals surface area (Å²) in [6, 6.07) is 19.0. The van der Waals surface area contributed by atoms with E-state index in [1.165, 1.54) is 0 Å². The molecule has 3 rings (SSSR count). The standard InChI is InChI=1S/C20H15NO3/c1-24-17-10-8-14(9-11-17)19(22)20(23)16-6-4-5-15(13-16)18-7-2-3-12-21-18/h2-13H,1H3. The molecule has 1 heterocycles. The summed E-state index contributed by atoms with van der Waals surface area (Å²) in [5, 5.41) is 0. The molecule has 0 N–H and O–H groups in total. The Morgan fingerprint density at radius 3 is 2.25 bits per heavy atom. The van der Waals surface area contributed by atoms with E-state index < -0.39 is 11.6 Å². The molecular weight excluding hydrogens is 302 g/mol. The van der Waals surface area contributed by atoms with E-state index in [-0.39, 0.29) is 0 Å². The second-order valence-electron chi connectivity index (χ2n) is 5.18. The lowest BCUT2D eigenvalue weighted by Gasteiger charge is -2.05. The first kappa shape index (κ1) is 15.6. The first-order chi connectivity index (χ1) is 11.7. The second-order valence-corrected chi connectivity index (χ2v) is 5.18. The van der Waals surface area contributed by atoms with Crippen LogP contribution < -0.4 is 4.74 Å². The number of rotatable bonds is 5. The predicted molar refractivity (Wildman–Crippen MR) is 91.3 cm³/mol. The summed E-state index contributed by atoms with van der Waals surface area (Å²) in [6.07, 6.45) is 1.69. The molecule has 0 bridgehead atoms. The smallest absolute Gasteiger partial charge is 0.233 e. The fraction of sp³-hybridized carbons (Fsp3) is 0.0500. The van der Waals surface area contributed by atoms with Crippen molar-refractivity contribution in [3.05, 3.63) is 84.1 Å². The average Bonchev–Trinajstić information content (AvgIpc) is 2.67. The monoisotopic (exact) mass is 317 g/mol. The van der Waals surface area contributed by atoms with Crippen LogP contribution in [-0.2, 0) is 0 Å². The van der Waals surface area contributed by atoms with Gasteiger partial charge < -0.3 is 4.74 Å². The van der Waals surface area contributed by atoms with Crippen LogP contribution in [0.5, 0.6) is 5.75 Å². The third-order valence-electron chi connectivity index (χ3n) is 3.64. The number of pyridine rings is 1. The van der Waals surface area contributed by atoms with Gasteiger partial charge in [-0.15, -0.1) is 0 Å². The van der Waals surface area contributed by atoms with E-state index >= 15 is 0 Å². The van der Waals surface area contributed by atoms with Crippen molar-refractivity contribution in [1.82, 2.24) is 4.98 Å². The van der Waals surface area contributed by atoms with Crippen LogP contribution >= 0.6 is 0 Å². The van der Waals surface area contributed by atoms with Gasteiger partial charge in [-0.05, 0) is 42.5 Å². The molecule has 0 saturated heterocycles. The summed E-state index contributed by atoms with van der Waals surface area (Å²) in [5.41, 5.74) is 2.23. The van der Waals surface area contributed by atoms with Gasteiger partial charge in [0.25, 0.3) is 0 Å². The van der Waals surface area contributed by atoms with Crippen molar-refractivity contribution in [3.63, 3.8) is 0 Å². The van der Waals surface area contributed by atoms with Crippen LogP contribution in [0.3, 0.4) is 0 Å². The van der Waals surface area contributed by atoms with Crippen LogP contribution in [0.25, 0.3) is 11.3 Å². The Morgan fingerprint density at radius 1 is 0.833 bits per heavy atom. The molecule has 0 aliphatic heterocycles. The maximum absolute atomic E-state index is 12.5. The summed E-state index contributed by atoms with van der Waals surface area (Å²) in [7, 11) is 1.55. The third-order valence-corrected chi connectivity index (χ3v) is 3.64. The number of ketones is 2. The Labute approximate surface area is 139 Å². The predicted octanol–water partition coefficient (Wildman–Crippen LogP) is 3.82. The van der Waals surface area contributed by atoms with Gasteiger partial charge in [-0.3, -0.25) is 14.6 Å². The first-order valence-corrected chi connectivity index (χ1v) is 7.43.